The van der Waals surface area contributed by atoms with Gasteiger partial charge in [0.1, 0.15) is 24.2 Å². The summed E-state index contributed by atoms with van der Waals surface area (Å²) in [5.74, 6) is 2.49. The quantitative estimate of drug-likeness (QED) is 0.370. The number of nitrogens with zero attached hydrogens (tertiary/aromatic N) is 1. The van der Waals surface area contributed by atoms with Gasteiger partial charge >= 0.3 is 0 Å². The van der Waals surface area contributed by atoms with E-state index in [1.165, 1.54) is 0 Å². The van der Waals surface area contributed by atoms with Crippen molar-refractivity contribution in [3.63, 3.8) is 0 Å². The van der Waals surface area contributed by atoms with Crippen molar-refractivity contribution in [2.75, 3.05) is 13.1 Å². The Morgan fingerprint density at radius 2 is 1.92 bits per heavy atom. The van der Waals surface area contributed by atoms with E-state index in [0.717, 1.165) is 30.4 Å². The maximum atomic E-state index is 5.98. The Kier molecular flexibility index (Phi) is 9.98. The molecule has 0 aliphatic rings. The van der Waals surface area contributed by atoms with Crippen LogP contribution in [0.4, 0.5) is 0 Å². The molecule has 0 saturated heterocycles. The second-order valence-electron chi connectivity index (χ2n) is 5.12. The minimum Gasteiger partial charge on any atom is -0.489 e. The largest absolute Gasteiger partial charge is 0.489 e. The first-order valence-corrected chi connectivity index (χ1v) is 8.08. The Balaban J connectivity index is 0.00000288. The lowest BCUT2D eigenvalue weighted by atomic mass is 10.2. The molecular formula is C18H26IN3O2. The number of benzene rings is 1. The molecule has 24 heavy (non-hydrogen) atoms. The van der Waals surface area contributed by atoms with E-state index in [2.05, 4.69) is 22.5 Å². The van der Waals surface area contributed by atoms with Gasteiger partial charge in [-0.2, -0.15) is 0 Å². The number of ether oxygens (including phenoxy) is 1. The van der Waals surface area contributed by atoms with Crippen LogP contribution in [0.5, 0.6) is 5.75 Å². The van der Waals surface area contributed by atoms with Crippen LogP contribution in [-0.2, 0) is 6.54 Å². The fourth-order valence-corrected chi connectivity index (χ4v) is 2.07. The maximum absolute atomic E-state index is 5.98. The van der Waals surface area contributed by atoms with Crippen LogP contribution < -0.4 is 15.4 Å². The van der Waals surface area contributed by atoms with Gasteiger partial charge in [-0.3, -0.25) is 0 Å². The van der Waals surface area contributed by atoms with Crippen LogP contribution in [0.25, 0.3) is 0 Å². The van der Waals surface area contributed by atoms with E-state index >= 15 is 0 Å². The summed E-state index contributed by atoms with van der Waals surface area (Å²) >= 11 is 0. The molecule has 6 heteroatoms. The van der Waals surface area contributed by atoms with Gasteiger partial charge in [-0.05, 0) is 37.6 Å². The summed E-state index contributed by atoms with van der Waals surface area (Å²) in [6.07, 6.45) is 2.66. The molecule has 0 fully saturated rings. The summed E-state index contributed by atoms with van der Waals surface area (Å²) < 4.78 is 11.3. The number of aliphatic imine (C=N–C) groups is 1. The van der Waals surface area contributed by atoms with Gasteiger partial charge < -0.3 is 19.8 Å². The van der Waals surface area contributed by atoms with Crippen molar-refractivity contribution in [1.29, 1.82) is 0 Å². The average Bonchev–Trinajstić information content (AvgIpc) is 3.10. The Morgan fingerprint density at radius 1 is 1.12 bits per heavy atom. The zero-order chi connectivity index (χ0) is 16.3. The van der Waals surface area contributed by atoms with Crippen molar-refractivity contribution in [2.24, 2.45) is 4.99 Å². The van der Waals surface area contributed by atoms with E-state index in [1.807, 2.05) is 49.4 Å². The Bertz CT molecular complexity index is 573. The summed E-state index contributed by atoms with van der Waals surface area (Å²) in [6, 6.07) is 13.7. The van der Waals surface area contributed by atoms with E-state index in [-0.39, 0.29) is 30.1 Å². The van der Waals surface area contributed by atoms with Crippen molar-refractivity contribution < 1.29 is 9.15 Å². The van der Waals surface area contributed by atoms with Crippen molar-refractivity contribution in [3.8, 4) is 5.75 Å². The third kappa shape index (κ3) is 7.25. The van der Waals surface area contributed by atoms with Crippen LogP contribution in [0.2, 0.25) is 0 Å². The van der Waals surface area contributed by atoms with E-state index < -0.39 is 0 Å². The lowest BCUT2D eigenvalue weighted by Gasteiger charge is -2.19. The smallest absolute Gasteiger partial charge is 0.191 e. The molecule has 1 aromatic heterocycles. The van der Waals surface area contributed by atoms with Crippen LogP contribution in [0.1, 0.15) is 26.0 Å². The van der Waals surface area contributed by atoms with Gasteiger partial charge in [0, 0.05) is 6.54 Å². The molecule has 1 atom stereocenters. The van der Waals surface area contributed by atoms with Gasteiger partial charge in [0.05, 0.1) is 12.8 Å². The van der Waals surface area contributed by atoms with Crippen LogP contribution in [0.3, 0.4) is 0 Å². The Hall–Kier alpha value is -1.70. The molecule has 0 amide bonds. The number of hydrogen-bond donors (Lipinski definition) is 2. The minimum atomic E-state index is 0. The summed E-state index contributed by atoms with van der Waals surface area (Å²) in [6.45, 7) is 6.17. The van der Waals surface area contributed by atoms with Crippen molar-refractivity contribution in [3.05, 3.63) is 54.5 Å². The molecule has 2 aromatic rings. The first-order valence-electron chi connectivity index (χ1n) is 8.08. The molecule has 0 saturated carbocycles. The molecule has 0 bridgehead atoms. The van der Waals surface area contributed by atoms with Crippen LogP contribution >= 0.6 is 24.0 Å². The molecule has 5 nitrogen and oxygen atoms in total. The highest BCUT2D eigenvalue weighted by molar-refractivity contribution is 14.0. The molecule has 1 aromatic carbocycles. The van der Waals surface area contributed by atoms with Gasteiger partial charge in [-0.1, -0.05) is 25.1 Å². The molecule has 1 unspecified atom stereocenters. The predicted molar refractivity (Wildman–Crippen MR) is 108 cm³/mol. The number of nitrogens with one attached hydrogen (secondary N) is 2. The number of halogens is 1. The summed E-state index contributed by atoms with van der Waals surface area (Å²) in [5.41, 5.74) is 0. The molecule has 132 valence electrons. The fourth-order valence-electron chi connectivity index (χ4n) is 2.07. The maximum Gasteiger partial charge on any atom is 0.191 e. The number of hydrogen-bond acceptors (Lipinski definition) is 3. The fraction of sp³-hybridized carbons (Fsp3) is 0.389. The van der Waals surface area contributed by atoms with Gasteiger partial charge in [0.2, 0.25) is 0 Å². The van der Waals surface area contributed by atoms with Crippen molar-refractivity contribution in [2.45, 2.75) is 32.9 Å². The van der Waals surface area contributed by atoms with Crippen LogP contribution in [0.15, 0.2) is 58.1 Å². The summed E-state index contributed by atoms with van der Waals surface area (Å²) in [4.78, 5) is 4.51. The Labute approximate surface area is 160 Å². The Morgan fingerprint density at radius 3 is 2.54 bits per heavy atom. The highest BCUT2D eigenvalue weighted by Crippen LogP contribution is 2.12. The molecule has 2 rings (SSSR count). The molecule has 0 aliphatic heterocycles. The first kappa shape index (κ1) is 20.3. The topological polar surface area (TPSA) is 58.8 Å². The third-order valence-corrected chi connectivity index (χ3v) is 3.32. The van der Waals surface area contributed by atoms with Gasteiger partial charge in [0.25, 0.3) is 0 Å². The van der Waals surface area contributed by atoms with E-state index in [1.54, 1.807) is 6.26 Å². The SMILES string of the molecule is CCNC(=NCc1ccco1)NCC(CC)Oc1ccccc1.I. The number of guanidine groups is 1. The van der Waals surface area contributed by atoms with E-state index in [9.17, 15) is 0 Å². The molecule has 0 radical (unpaired) electrons. The number of furan rings is 1. The van der Waals surface area contributed by atoms with Crippen LogP contribution in [0, 0.1) is 0 Å². The molecule has 0 spiro atoms. The molecule has 2 N–H and O–H groups in total. The molecule has 1 heterocycles. The number of rotatable bonds is 8. The second kappa shape index (κ2) is 11.8. The summed E-state index contributed by atoms with van der Waals surface area (Å²) in [7, 11) is 0. The highest BCUT2D eigenvalue weighted by Gasteiger charge is 2.09. The number of para-hydroxylation sites is 1. The second-order valence-corrected chi connectivity index (χ2v) is 5.12. The zero-order valence-electron chi connectivity index (χ0n) is 14.2. The zero-order valence-corrected chi connectivity index (χ0v) is 16.5. The van der Waals surface area contributed by atoms with Gasteiger partial charge in [-0.15, -0.1) is 24.0 Å². The average molecular weight is 443 g/mol. The lowest BCUT2D eigenvalue weighted by Crippen LogP contribution is -2.42. The lowest BCUT2D eigenvalue weighted by molar-refractivity contribution is 0.199. The van der Waals surface area contributed by atoms with E-state index in [4.69, 9.17) is 9.15 Å². The third-order valence-electron chi connectivity index (χ3n) is 3.32. The van der Waals surface area contributed by atoms with Crippen molar-refractivity contribution in [1.82, 2.24) is 10.6 Å². The van der Waals surface area contributed by atoms with Crippen molar-refractivity contribution >= 4 is 29.9 Å². The minimum absolute atomic E-state index is 0. The van der Waals surface area contributed by atoms with Gasteiger partial charge in [-0.25, -0.2) is 4.99 Å². The molecular weight excluding hydrogens is 417 g/mol. The predicted octanol–water partition coefficient (Wildman–Crippen LogP) is 3.81. The summed E-state index contributed by atoms with van der Waals surface area (Å²) in [5, 5.41) is 6.56. The standard InChI is InChI=1S/C18H25N3O2.HI/c1-3-15(23-16-9-6-5-7-10-16)13-20-18(19-4-2)21-14-17-11-8-12-22-17;/h5-12,15H,3-4,13-14H2,1-2H3,(H2,19,20,21);1H. The van der Waals surface area contributed by atoms with Gasteiger partial charge in [0.15, 0.2) is 5.96 Å². The highest BCUT2D eigenvalue weighted by atomic mass is 127. The molecule has 0 aliphatic carbocycles. The first-order chi connectivity index (χ1) is 11.3. The van der Waals surface area contributed by atoms with Crippen LogP contribution in [-0.4, -0.2) is 25.2 Å². The normalized spacial score (nSPS) is 12.2. The van der Waals surface area contributed by atoms with E-state index in [0.29, 0.717) is 13.1 Å². The monoisotopic (exact) mass is 443 g/mol.